The molecule has 2 nitrogen and oxygen atoms in total. The molecule has 1 aliphatic rings. The number of hydrogen-bond acceptors (Lipinski definition) is 3. The van der Waals surface area contributed by atoms with Crippen molar-refractivity contribution in [2.45, 2.75) is 51.6 Å². The highest BCUT2D eigenvalue weighted by molar-refractivity contribution is 7.11. The zero-order valence-corrected chi connectivity index (χ0v) is 14.3. The van der Waals surface area contributed by atoms with Gasteiger partial charge in [0.25, 0.3) is 0 Å². The van der Waals surface area contributed by atoms with E-state index in [0.717, 1.165) is 10.0 Å². The Morgan fingerprint density at radius 3 is 2.48 bits per heavy atom. The second-order valence-corrected chi connectivity index (χ2v) is 7.66. The van der Waals surface area contributed by atoms with Crippen LogP contribution in [0.5, 0.6) is 0 Å². The first-order chi connectivity index (χ1) is 10.0. The van der Waals surface area contributed by atoms with Gasteiger partial charge in [-0.25, -0.2) is 4.98 Å². The first kappa shape index (κ1) is 15.0. The molecule has 1 atom stereocenters. The van der Waals surface area contributed by atoms with Crippen molar-refractivity contribution in [2.24, 2.45) is 0 Å². The van der Waals surface area contributed by atoms with Gasteiger partial charge in [-0.1, -0.05) is 23.7 Å². The second-order valence-electron chi connectivity index (χ2n) is 5.99. The molecular formula is C17H21ClN2S. The number of rotatable bonds is 4. The summed E-state index contributed by atoms with van der Waals surface area (Å²) >= 11 is 7.75. The van der Waals surface area contributed by atoms with Crippen LogP contribution < -0.4 is 5.32 Å². The molecule has 1 aromatic carbocycles. The lowest BCUT2D eigenvalue weighted by Gasteiger charge is -2.38. The van der Waals surface area contributed by atoms with E-state index >= 15 is 0 Å². The van der Waals surface area contributed by atoms with Crippen LogP contribution >= 0.6 is 22.9 Å². The topological polar surface area (TPSA) is 24.9 Å². The molecule has 0 bridgehead atoms. The Hall–Kier alpha value is -0.900. The third kappa shape index (κ3) is 3.31. The van der Waals surface area contributed by atoms with Gasteiger partial charge in [0, 0.05) is 22.0 Å². The minimum Gasteiger partial charge on any atom is -0.307 e. The second kappa shape index (κ2) is 6.07. The lowest BCUT2D eigenvalue weighted by atomic mass is 9.75. The van der Waals surface area contributed by atoms with E-state index in [-0.39, 0.29) is 0 Å². The average Bonchev–Trinajstić information content (AvgIpc) is 2.74. The Morgan fingerprint density at radius 1 is 1.24 bits per heavy atom. The van der Waals surface area contributed by atoms with E-state index in [1.54, 1.807) is 0 Å². The maximum atomic E-state index is 5.94. The Labute approximate surface area is 135 Å². The molecule has 112 valence electrons. The van der Waals surface area contributed by atoms with Crippen LogP contribution in [0, 0.1) is 13.8 Å². The number of hydrogen-bond donors (Lipinski definition) is 1. The summed E-state index contributed by atoms with van der Waals surface area (Å²) in [7, 11) is 0. The number of nitrogens with one attached hydrogen (secondary N) is 1. The number of nitrogens with zero attached hydrogens (tertiary/aromatic N) is 1. The molecule has 3 rings (SSSR count). The fourth-order valence-electron chi connectivity index (χ4n) is 3.14. The zero-order chi connectivity index (χ0) is 15.0. The monoisotopic (exact) mass is 320 g/mol. The van der Waals surface area contributed by atoms with Crippen molar-refractivity contribution in [3.63, 3.8) is 0 Å². The van der Waals surface area contributed by atoms with E-state index in [9.17, 15) is 0 Å². The molecule has 0 radical (unpaired) electrons. The number of halogens is 1. The van der Waals surface area contributed by atoms with Gasteiger partial charge in [0.15, 0.2) is 0 Å². The summed E-state index contributed by atoms with van der Waals surface area (Å²) in [5, 5.41) is 5.72. The average molecular weight is 321 g/mol. The third-order valence-electron chi connectivity index (χ3n) is 4.30. The van der Waals surface area contributed by atoms with E-state index in [4.69, 9.17) is 11.6 Å². The molecule has 1 aromatic heterocycles. The van der Waals surface area contributed by atoms with Crippen molar-refractivity contribution >= 4 is 22.9 Å². The van der Waals surface area contributed by atoms with Crippen LogP contribution in [-0.4, -0.2) is 11.0 Å². The van der Waals surface area contributed by atoms with Crippen LogP contribution in [0.3, 0.4) is 0 Å². The first-order valence-electron chi connectivity index (χ1n) is 7.48. The molecule has 1 saturated carbocycles. The first-order valence-corrected chi connectivity index (χ1v) is 8.68. The molecule has 2 aromatic rings. The highest BCUT2D eigenvalue weighted by Gasteiger charge is 2.31. The summed E-state index contributed by atoms with van der Waals surface area (Å²) in [4.78, 5) is 5.90. The van der Waals surface area contributed by atoms with Gasteiger partial charge in [0.2, 0.25) is 0 Å². The quantitative estimate of drug-likeness (QED) is 0.856. The van der Waals surface area contributed by atoms with Gasteiger partial charge >= 0.3 is 0 Å². The maximum Gasteiger partial charge on any atom is 0.0900 e. The number of benzene rings is 1. The van der Waals surface area contributed by atoms with E-state index in [1.807, 2.05) is 23.5 Å². The molecule has 0 spiro atoms. The zero-order valence-electron chi connectivity index (χ0n) is 12.7. The third-order valence-corrected chi connectivity index (χ3v) is 5.81. The highest BCUT2D eigenvalue weighted by atomic mass is 35.5. The fraction of sp³-hybridized carbons (Fsp3) is 0.471. The number of aryl methyl sites for hydroxylation is 2. The van der Waals surface area contributed by atoms with Gasteiger partial charge in [0.05, 0.1) is 10.7 Å². The van der Waals surface area contributed by atoms with Crippen LogP contribution in [0.2, 0.25) is 5.02 Å². The van der Waals surface area contributed by atoms with Crippen LogP contribution in [0.15, 0.2) is 24.3 Å². The molecule has 1 unspecified atom stereocenters. The van der Waals surface area contributed by atoms with Gasteiger partial charge in [-0.2, -0.15) is 0 Å². The smallest absolute Gasteiger partial charge is 0.0900 e. The lowest BCUT2D eigenvalue weighted by molar-refractivity contribution is 0.271. The SMILES string of the molecule is Cc1nc(C)c(C(C)NC2CC(c3ccc(Cl)cc3)C2)s1. The summed E-state index contributed by atoms with van der Waals surface area (Å²) in [5.41, 5.74) is 2.58. The summed E-state index contributed by atoms with van der Waals surface area (Å²) in [6.07, 6.45) is 2.42. The van der Waals surface area contributed by atoms with Gasteiger partial charge in [-0.3, -0.25) is 0 Å². The van der Waals surface area contributed by atoms with Crippen LogP contribution in [-0.2, 0) is 0 Å². The molecule has 0 saturated heterocycles. The van der Waals surface area contributed by atoms with Crippen molar-refractivity contribution in [3.8, 4) is 0 Å². The lowest BCUT2D eigenvalue weighted by Crippen LogP contribution is -2.41. The Bertz CT molecular complexity index is 614. The minimum absolute atomic E-state index is 0.396. The molecule has 0 aliphatic heterocycles. The van der Waals surface area contributed by atoms with Crippen molar-refractivity contribution in [1.29, 1.82) is 0 Å². The van der Waals surface area contributed by atoms with E-state index < -0.39 is 0 Å². The Morgan fingerprint density at radius 2 is 1.90 bits per heavy atom. The minimum atomic E-state index is 0.396. The number of thiazole rings is 1. The van der Waals surface area contributed by atoms with Crippen LogP contribution in [0.25, 0.3) is 0 Å². The van der Waals surface area contributed by atoms with Crippen LogP contribution in [0.1, 0.15) is 52.9 Å². The summed E-state index contributed by atoms with van der Waals surface area (Å²) < 4.78 is 0. The van der Waals surface area contributed by atoms with Gasteiger partial charge < -0.3 is 5.32 Å². The van der Waals surface area contributed by atoms with Gasteiger partial charge in [-0.05, 0) is 57.2 Å². The Balaban J connectivity index is 1.55. The largest absolute Gasteiger partial charge is 0.307 e. The molecule has 0 amide bonds. The fourth-order valence-corrected chi connectivity index (χ4v) is 4.20. The van der Waals surface area contributed by atoms with Gasteiger partial charge in [-0.15, -0.1) is 11.3 Å². The summed E-state index contributed by atoms with van der Waals surface area (Å²) in [5.74, 6) is 0.677. The highest BCUT2D eigenvalue weighted by Crippen LogP contribution is 2.38. The van der Waals surface area contributed by atoms with Crippen molar-refractivity contribution < 1.29 is 0 Å². The molecule has 4 heteroatoms. The molecule has 1 fully saturated rings. The van der Waals surface area contributed by atoms with E-state index in [0.29, 0.717) is 18.0 Å². The molecular weight excluding hydrogens is 300 g/mol. The predicted octanol–water partition coefficient (Wildman–Crippen LogP) is 5.01. The molecule has 1 aliphatic carbocycles. The van der Waals surface area contributed by atoms with Crippen molar-refractivity contribution in [3.05, 3.63) is 50.4 Å². The van der Waals surface area contributed by atoms with Gasteiger partial charge in [0.1, 0.15) is 0 Å². The molecule has 21 heavy (non-hydrogen) atoms. The normalized spacial score (nSPS) is 22.9. The standard InChI is InChI=1S/C17H21ClN2S/c1-10-17(21-12(3)19-10)11(2)20-16-8-14(9-16)13-4-6-15(18)7-5-13/h4-7,11,14,16,20H,8-9H2,1-3H3. The molecule has 1 heterocycles. The van der Waals surface area contributed by atoms with Crippen molar-refractivity contribution in [1.82, 2.24) is 10.3 Å². The Kier molecular flexibility index (Phi) is 4.34. The molecule has 1 N–H and O–H groups in total. The predicted molar refractivity (Wildman–Crippen MR) is 90.4 cm³/mol. The summed E-state index contributed by atoms with van der Waals surface area (Å²) in [6.45, 7) is 6.43. The van der Waals surface area contributed by atoms with Crippen LogP contribution in [0.4, 0.5) is 0 Å². The summed E-state index contributed by atoms with van der Waals surface area (Å²) in [6, 6.07) is 9.30. The number of aromatic nitrogens is 1. The maximum absolute atomic E-state index is 5.94. The van der Waals surface area contributed by atoms with E-state index in [2.05, 4.69) is 43.2 Å². The van der Waals surface area contributed by atoms with E-state index in [1.165, 1.54) is 29.0 Å². The van der Waals surface area contributed by atoms with Crippen molar-refractivity contribution in [2.75, 3.05) is 0 Å².